The highest BCUT2D eigenvalue weighted by atomic mass is 35.5. The summed E-state index contributed by atoms with van der Waals surface area (Å²) in [7, 11) is 0. The maximum Gasteiger partial charge on any atom is 0.272 e. The molecule has 5 aromatic rings. The predicted octanol–water partition coefficient (Wildman–Crippen LogP) is 8.57. The Hall–Kier alpha value is -6.04. The zero-order valence-electron chi connectivity index (χ0n) is 38.3. The number of anilines is 3. The number of nitrogens with one attached hydrogen (secondary N) is 1. The summed E-state index contributed by atoms with van der Waals surface area (Å²) in [5.74, 6) is 3.00. The molecule has 0 spiro atoms. The standard InChI is InChI=1S/C52H59ClN10O4/c1-34(64)61-26-20-48-44(33-61)51(59-63(48)41-21-27-66-28-22-41)62-23-2-3-38-29-47(55-32-49(38)62)37-8-6-35(7-9-37)4-5-36-18-24-60(25-19-36)50-17-16-46(57-58-50)52(65)56-40-11-14-42(15-12-40)67-43-13-10-39(31-54)45(53)30-43/h6-10,13,16-17,29-30,32,36,40-42H,2-5,11-12,14-15,18-28,33H2,1H3,(H,56,65). The number of pyridine rings is 1. The monoisotopic (exact) mass is 922 g/mol. The van der Waals surface area contributed by atoms with E-state index in [2.05, 4.69) is 66.4 Å². The molecule has 1 aliphatic carbocycles. The Bertz CT molecular complexity index is 2610. The van der Waals surface area contributed by atoms with E-state index in [9.17, 15) is 9.59 Å². The predicted molar refractivity (Wildman–Crippen MR) is 257 cm³/mol. The first-order chi connectivity index (χ1) is 32.8. The third-order valence-electron chi connectivity index (χ3n) is 14.7. The van der Waals surface area contributed by atoms with Crippen molar-refractivity contribution in [3.63, 3.8) is 0 Å². The molecule has 0 atom stereocenters. The van der Waals surface area contributed by atoms with E-state index in [4.69, 9.17) is 36.4 Å². The number of nitrogens with zero attached hydrogens (tertiary/aromatic N) is 9. The van der Waals surface area contributed by atoms with Crippen LogP contribution in [0.5, 0.6) is 5.75 Å². The van der Waals surface area contributed by atoms with Crippen LogP contribution in [-0.2, 0) is 35.3 Å². The van der Waals surface area contributed by atoms with E-state index in [0.29, 0.717) is 40.5 Å². The van der Waals surface area contributed by atoms with E-state index < -0.39 is 0 Å². The summed E-state index contributed by atoms with van der Waals surface area (Å²) >= 11 is 6.17. The summed E-state index contributed by atoms with van der Waals surface area (Å²) < 4.78 is 14.1. The van der Waals surface area contributed by atoms with Crippen LogP contribution in [0.4, 0.5) is 17.3 Å². The second kappa shape index (κ2) is 20.1. The second-order valence-electron chi connectivity index (χ2n) is 18.9. The summed E-state index contributed by atoms with van der Waals surface area (Å²) in [5.41, 5.74) is 9.08. The Morgan fingerprint density at radius 1 is 0.910 bits per heavy atom. The molecule has 5 aliphatic rings. The Morgan fingerprint density at radius 2 is 1.72 bits per heavy atom. The lowest BCUT2D eigenvalue weighted by Crippen LogP contribution is -2.40. The van der Waals surface area contributed by atoms with Crippen LogP contribution in [0.15, 0.2) is 66.9 Å². The molecule has 7 heterocycles. The van der Waals surface area contributed by atoms with Crippen LogP contribution in [0.3, 0.4) is 0 Å². The fraction of sp³-hybridized carbons (Fsp3) is 0.481. The molecule has 3 aromatic heterocycles. The van der Waals surface area contributed by atoms with Crippen LogP contribution >= 0.6 is 11.6 Å². The molecule has 67 heavy (non-hydrogen) atoms. The molecule has 4 aliphatic heterocycles. The summed E-state index contributed by atoms with van der Waals surface area (Å²) in [6.45, 7) is 7.23. The van der Waals surface area contributed by atoms with Crippen molar-refractivity contribution in [2.75, 3.05) is 49.2 Å². The van der Waals surface area contributed by atoms with Gasteiger partial charge in [0.15, 0.2) is 17.3 Å². The van der Waals surface area contributed by atoms with Crippen LogP contribution in [0.25, 0.3) is 11.3 Å². The van der Waals surface area contributed by atoms with Crippen LogP contribution in [0, 0.1) is 17.2 Å². The number of aryl methyl sites for hydroxylation is 2. The van der Waals surface area contributed by atoms with Crippen LogP contribution in [0.1, 0.15) is 116 Å². The van der Waals surface area contributed by atoms with Crippen molar-refractivity contribution in [2.24, 2.45) is 5.92 Å². The normalized spacial score (nSPS) is 20.2. The van der Waals surface area contributed by atoms with E-state index in [-0.39, 0.29) is 24.0 Å². The maximum atomic E-state index is 13.1. The van der Waals surface area contributed by atoms with Crippen molar-refractivity contribution in [3.8, 4) is 23.1 Å². The van der Waals surface area contributed by atoms with Crippen molar-refractivity contribution < 1.29 is 19.1 Å². The minimum atomic E-state index is -0.201. The molecule has 1 N–H and O–H groups in total. The molecule has 2 saturated heterocycles. The Labute approximate surface area is 397 Å². The van der Waals surface area contributed by atoms with Gasteiger partial charge in [-0.15, -0.1) is 10.2 Å². The van der Waals surface area contributed by atoms with E-state index in [0.717, 1.165) is 151 Å². The van der Waals surface area contributed by atoms with Crippen molar-refractivity contribution in [1.82, 2.24) is 35.2 Å². The fourth-order valence-corrected chi connectivity index (χ4v) is 10.9. The lowest BCUT2D eigenvalue weighted by Gasteiger charge is -2.32. The first kappa shape index (κ1) is 44.8. The molecular weight excluding hydrogens is 864 g/mol. The summed E-state index contributed by atoms with van der Waals surface area (Å²) in [6, 6.07) is 22.5. The molecule has 0 radical (unpaired) electrons. The molecule has 2 amide bonds. The number of carbonyl (C=O) groups is 2. The van der Waals surface area contributed by atoms with Gasteiger partial charge in [0.05, 0.1) is 46.9 Å². The van der Waals surface area contributed by atoms with E-state index >= 15 is 0 Å². The molecule has 14 nitrogen and oxygen atoms in total. The van der Waals surface area contributed by atoms with Gasteiger partial charge in [-0.25, -0.2) is 0 Å². The summed E-state index contributed by atoms with van der Waals surface area (Å²) in [6.07, 6.45) is 14.4. The molecule has 0 unspecified atom stereocenters. The first-order valence-electron chi connectivity index (χ1n) is 24.3. The van der Waals surface area contributed by atoms with Gasteiger partial charge in [-0.1, -0.05) is 35.9 Å². The van der Waals surface area contributed by atoms with E-state index in [1.54, 1.807) is 31.2 Å². The van der Waals surface area contributed by atoms with Crippen molar-refractivity contribution in [1.29, 1.82) is 5.26 Å². The number of nitriles is 1. The number of carbonyl (C=O) groups excluding carboxylic acids is 2. The van der Waals surface area contributed by atoms with Gasteiger partial charge in [-0.2, -0.15) is 10.4 Å². The minimum absolute atomic E-state index is 0.0342. The third-order valence-corrected chi connectivity index (χ3v) is 15.0. The topological polar surface area (TPSA) is 155 Å². The number of hydrogen-bond acceptors (Lipinski definition) is 11. The average Bonchev–Trinajstić information content (AvgIpc) is 3.75. The molecule has 2 aromatic carbocycles. The second-order valence-corrected chi connectivity index (χ2v) is 19.3. The number of benzene rings is 2. The number of fused-ring (bicyclic) bond motifs is 2. The van der Waals surface area contributed by atoms with Crippen molar-refractivity contribution >= 4 is 40.7 Å². The zero-order valence-corrected chi connectivity index (χ0v) is 39.1. The largest absolute Gasteiger partial charge is 0.490 e. The highest BCUT2D eigenvalue weighted by molar-refractivity contribution is 6.31. The first-order valence-corrected chi connectivity index (χ1v) is 24.7. The van der Waals surface area contributed by atoms with Crippen LogP contribution in [-0.4, -0.2) is 93.2 Å². The lowest BCUT2D eigenvalue weighted by atomic mass is 9.90. The molecule has 10 rings (SSSR count). The van der Waals surface area contributed by atoms with Gasteiger partial charge >= 0.3 is 0 Å². The SMILES string of the molecule is CC(=O)N1CCc2c(c(N3CCCc4cc(-c5ccc(CCC6CCN(c7ccc(C(=O)NC8CCC(Oc9ccc(C#N)c(Cl)c9)CC8)nn7)CC6)cc5)ncc43)nn2C2CCOCC2)C1. The lowest BCUT2D eigenvalue weighted by molar-refractivity contribution is -0.129. The molecule has 3 fully saturated rings. The van der Waals surface area contributed by atoms with Gasteiger partial charge < -0.3 is 29.5 Å². The van der Waals surface area contributed by atoms with E-state index in [1.807, 2.05) is 17.2 Å². The Balaban J connectivity index is 0.692. The molecule has 0 bridgehead atoms. The van der Waals surface area contributed by atoms with E-state index in [1.165, 1.54) is 22.4 Å². The quantitative estimate of drug-likeness (QED) is 0.136. The average molecular weight is 924 g/mol. The van der Waals surface area contributed by atoms with Gasteiger partial charge in [-0.3, -0.25) is 19.3 Å². The van der Waals surface area contributed by atoms with Crippen LogP contribution < -0.4 is 19.9 Å². The van der Waals surface area contributed by atoms with Gasteiger partial charge in [0.25, 0.3) is 5.91 Å². The zero-order chi connectivity index (χ0) is 45.9. The Morgan fingerprint density at radius 3 is 2.45 bits per heavy atom. The summed E-state index contributed by atoms with van der Waals surface area (Å²) in [4.78, 5) is 37.2. The number of hydrogen-bond donors (Lipinski definition) is 1. The van der Waals surface area contributed by atoms with Crippen molar-refractivity contribution in [2.45, 2.75) is 115 Å². The highest BCUT2D eigenvalue weighted by Crippen LogP contribution is 2.40. The molecule has 15 heteroatoms. The van der Waals surface area contributed by atoms with Gasteiger partial charge in [0.2, 0.25) is 5.91 Å². The molecule has 348 valence electrons. The number of aromatic nitrogens is 5. The number of amides is 2. The minimum Gasteiger partial charge on any atom is -0.490 e. The van der Waals surface area contributed by atoms with Gasteiger partial charge in [0.1, 0.15) is 11.8 Å². The molecular formula is C52H59ClN10O4. The van der Waals surface area contributed by atoms with Gasteiger partial charge in [-0.05, 0) is 124 Å². The number of halogens is 1. The van der Waals surface area contributed by atoms with Gasteiger partial charge in [0, 0.05) is 81.7 Å². The number of piperidine rings is 1. The Kier molecular flexibility index (Phi) is 13.4. The van der Waals surface area contributed by atoms with Crippen molar-refractivity contribution in [3.05, 3.63) is 106 Å². The molecule has 1 saturated carbocycles. The smallest absolute Gasteiger partial charge is 0.272 e. The number of rotatable bonds is 11. The summed E-state index contributed by atoms with van der Waals surface area (Å²) in [5, 5.41) is 26.8. The highest BCUT2D eigenvalue weighted by Gasteiger charge is 2.34. The third kappa shape index (κ3) is 10.00. The maximum absolute atomic E-state index is 13.1. The number of ether oxygens (including phenoxy) is 2. The fourth-order valence-electron chi connectivity index (χ4n) is 10.7. The van der Waals surface area contributed by atoms with Crippen LogP contribution in [0.2, 0.25) is 5.02 Å².